The molecular weight excluding hydrogens is 558 g/mol. The molecule has 1 N–H and O–H groups in total. The lowest BCUT2D eigenvalue weighted by molar-refractivity contribution is 0.0555. The van der Waals surface area contributed by atoms with Crippen LogP contribution in [0.3, 0.4) is 0 Å². The number of benzene rings is 1. The molecule has 1 aromatic carbocycles. The Balaban J connectivity index is 1.53. The number of nitrogens with one attached hydrogen (secondary N) is 1. The van der Waals surface area contributed by atoms with Crippen LogP contribution < -0.4 is 5.32 Å². The molecule has 1 atom stereocenters. The van der Waals surface area contributed by atoms with Crippen LogP contribution in [0.5, 0.6) is 0 Å². The zero-order chi connectivity index (χ0) is 32.2. The van der Waals surface area contributed by atoms with Crippen molar-refractivity contribution in [3.63, 3.8) is 0 Å². The van der Waals surface area contributed by atoms with Crippen LogP contribution in [0.15, 0.2) is 33.8 Å². The number of unbranched alkanes of at least 4 members (excludes halogenated alkanes) is 7. The van der Waals surface area contributed by atoms with Crippen molar-refractivity contribution in [1.29, 1.82) is 0 Å². The van der Waals surface area contributed by atoms with Crippen LogP contribution >= 0.6 is 0 Å². The van der Waals surface area contributed by atoms with Gasteiger partial charge in [-0.15, -0.1) is 4.99 Å². The molecule has 10 nitrogen and oxygen atoms in total. The predicted molar refractivity (Wildman–Crippen MR) is 172 cm³/mol. The van der Waals surface area contributed by atoms with Gasteiger partial charge in [-0.1, -0.05) is 81.3 Å². The molecule has 0 unspecified atom stereocenters. The quantitative estimate of drug-likeness (QED) is 0.145. The number of guanidine groups is 1. The summed E-state index contributed by atoms with van der Waals surface area (Å²) >= 11 is 0. The Labute approximate surface area is 263 Å². The van der Waals surface area contributed by atoms with E-state index in [4.69, 9.17) is 14.0 Å². The fraction of sp³-hybridized carbons (Fsp3) is 0.676. The van der Waals surface area contributed by atoms with Crippen molar-refractivity contribution < 1.29 is 23.6 Å². The van der Waals surface area contributed by atoms with E-state index in [1.54, 1.807) is 41.5 Å². The van der Waals surface area contributed by atoms with Crippen LogP contribution in [-0.2, 0) is 22.3 Å². The number of aliphatic imine (C=N–C) groups is 1. The third kappa shape index (κ3) is 13.1. The number of carbonyl (C=O) groups excluding carboxylic acids is 2. The molecule has 0 aliphatic carbocycles. The summed E-state index contributed by atoms with van der Waals surface area (Å²) in [5.74, 6) is 1.41. The molecule has 0 bridgehead atoms. The summed E-state index contributed by atoms with van der Waals surface area (Å²) in [6, 6.07) is 8.44. The molecule has 1 aliphatic rings. The van der Waals surface area contributed by atoms with Crippen LogP contribution in [-0.4, -0.2) is 57.5 Å². The minimum atomic E-state index is -0.780. The second-order valence-electron chi connectivity index (χ2n) is 13.8. The van der Waals surface area contributed by atoms with Crippen LogP contribution in [0.1, 0.15) is 118 Å². The first kappa shape index (κ1) is 35.1. The maximum absolute atomic E-state index is 12.5. The van der Waals surface area contributed by atoms with Gasteiger partial charge < -0.3 is 18.9 Å². The fourth-order valence-electron chi connectivity index (χ4n) is 5.12. The number of alkyl carbamates (subject to hydrolysis) is 1. The molecule has 1 aromatic heterocycles. The van der Waals surface area contributed by atoms with E-state index in [0.717, 1.165) is 18.4 Å². The molecule has 244 valence electrons. The van der Waals surface area contributed by atoms with Crippen LogP contribution in [0.2, 0.25) is 0 Å². The van der Waals surface area contributed by atoms with E-state index in [-0.39, 0.29) is 11.9 Å². The number of aryl methyl sites for hydroxylation is 1. The molecule has 2 aromatic rings. The van der Waals surface area contributed by atoms with Crippen molar-refractivity contribution in [2.24, 2.45) is 10.9 Å². The highest BCUT2D eigenvalue weighted by molar-refractivity contribution is 5.99. The monoisotopic (exact) mass is 611 g/mol. The largest absolute Gasteiger partial charge is 0.444 e. The average Bonchev–Trinajstić information content (AvgIpc) is 3.58. The number of aromatic nitrogens is 2. The first-order chi connectivity index (χ1) is 20.8. The van der Waals surface area contributed by atoms with Crippen LogP contribution in [0.25, 0.3) is 11.4 Å². The SMILES string of the molecule is CCCCCCCCCCc1ccc(-c2noc(C[C@H]3CCN(C(=NC(=O)OC(C)(C)C)NC(=O)OC(C)(C)C)C3)n2)cc1. The van der Waals surface area contributed by atoms with Crippen molar-refractivity contribution >= 4 is 18.1 Å². The van der Waals surface area contributed by atoms with Gasteiger partial charge in [0.25, 0.3) is 0 Å². The summed E-state index contributed by atoms with van der Waals surface area (Å²) in [6.45, 7) is 14.0. The number of hydrogen-bond acceptors (Lipinski definition) is 7. The number of ether oxygens (including phenoxy) is 2. The van der Waals surface area contributed by atoms with Gasteiger partial charge in [0.05, 0.1) is 0 Å². The Kier molecular flexibility index (Phi) is 13.2. The minimum absolute atomic E-state index is 0.106. The van der Waals surface area contributed by atoms with E-state index in [1.807, 2.05) is 4.90 Å². The van der Waals surface area contributed by atoms with Crippen molar-refractivity contribution in [1.82, 2.24) is 20.4 Å². The van der Waals surface area contributed by atoms with Gasteiger partial charge in [-0.05, 0) is 72.3 Å². The highest BCUT2D eigenvalue weighted by Gasteiger charge is 2.30. The van der Waals surface area contributed by atoms with Gasteiger partial charge in [0.2, 0.25) is 17.7 Å². The first-order valence-corrected chi connectivity index (χ1v) is 16.3. The molecule has 1 fully saturated rings. The molecule has 3 rings (SSSR count). The Morgan fingerprint density at radius 1 is 0.955 bits per heavy atom. The lowest BCUT2D eigenvalue weighted by atomic mass is 10.0. The maximum atomic E-state index is 12.5. The highest BCUT2D eigenvalue weighted by atomic mass is 16.6. The number of amides is 2. The zero-order valence-corrected chi connectivity index (χ0v) is 27.9. The van der Waals surface area contributed by atoms with Crippen molar-refractivity contribution in [3.8, 4) is 11.4 Å². The topological polar surface area (TPSA) is 119 Å². The van der Waals surface area contributed by atoms with Gasteiger partial charge in [-0.3, -0.25) is 5.32 Å². The van der Waals surface area contributed by atoms with E-state index in [9.17, 15) is 9.59 Å². The summed E-state index contributed by atoms with van der Waals surface area (Å²) < 4.78 is 16.3. The molecule has 2 amide bonds. The minimum Gasteiger partial charge on any atom is -0.444 e. The number of rotatable bonds is 12. The highest BCUT2D eigenvalue weighted by Crippen LogP contribution is 2.23. The molecule has 0 radical (unpaired) electrons. The third-order valence-corrected chi connectivity index (χ3v) is 7.25. The second kappa shape index (κ2) is 16.6. The van der Waals surface area contributed by atoms with Gasteiger partial charge >= 0.3 is 12.2 Å². The van der Waals surface area contributed by atoms with Crippen molar-refractivity contribution in [2.45, 2.75) is 130 Å². The van der Waals surface area contributed by atoms with E-state index < -0.39 is 23.4 Å². The molecule has 10 heteroatoms. The summed E-state index contributed by atoms with van der Waals surface area (Å²) in [5, 5.41) is 6.86. The number of carbonyl (C=O) groups is 2. The molecule has 1 saturated heterocycles. The molecular formula is C34H53N5O5. The summed E-state index contributed by atoms with van der Waals surface area (Å²) in [7, 11) is 0. The Morgan fingerprint density at radius 3 is 2.23 bits per heavy atom. The third-order valence-electron chi connectivity index (χ3n) is 7.25. The summed E-state index contributed by atoms with van der Waals surface area (Å²) in [6.07, 6.45) is 11.6. The lowest BCUT2D eigenvalue weighted by Crippen LogP contribution is -2.45. The van der Waals surface area contributed by atoms with E-state index in [0.29, 0.717) is 31.2 Å². The Bertz CT molecular complexity index is 1210. The average molecular weight is 612 g/mol. The van der Waals surface area contributed by atoms with E-state index in [1.165, 1.54) is 56.9 Å². The Morgan fingerprint density at radius 2 is 1.59 bits per heavy atom. The Hall–Kier alpha value is -3.43. The summed E-state index contributed by atoms with van der Waals surface area (Å²) in [5.41, 5.74) is 0.853. The van der Waals surface area contributed by atoms with Gasteiger partial charge in [-0.2, -0.15) is 4.98 Å². The standard InChI is InChI=1S/C34H53N5O5/c1-8-9-10-11-12-13-14-15-16-25-17-19-27(20-18-25)29-35-28(44-38-29)23-26-21-22-39(24-26)30(36-31(40)42-33(2,3)4)37-32(41)43-34(5,6)7/h17-20,26H,8-16,21-24H2,1-7H3,(H,36,37,40,41)/t26-/m1/s1. The molecule has 1 aliphatic heterocycles. The van der Waals surface area contributed by atoms with Gasteiger partial charge in [0, 0.05) is 25.1 Å². The number of nitrogens with zero attached hydrogens (tertiary/aromatic N) is 4. The normalized spacial score (nSPS) is 15.8. The van der Waals surface area contributed by atoms with Crippen molar-refractivity contribution in [3.05, 3.63) is 35.7 Å². The fourth-order valence-corrected chi connectivity index (χ4v) is 5.12. The van der Waals surface area contributed by atoms with E-state index >= 15 is 0 Å². The first-order valence-electron chi connectivity index (χ1n) is 16.3. The smallest absolute Gasteiger partial charge is 0.437 e. The molecule has 0 spiro atoms. The van der Waals surface area contributed by atoms with Gasteiger partial charge in [0.15, 0.2) is 0 Å². The summed E-state index contributed by atoms with van der Waals surface area (Å²) in [4.78, 5) is 35.6. The molecule has 0 saturated carbocycles. The van der Waals surface area contributed by atoms with Crippen LogP contribution in [0.4, 0.5) is 9.59 Å². The molecule has 2 heterocycles. The van der Waals surface area contributed by atoms with Gasteiger partial charge in [-0.25, -0.2) is 9.59 Å². The molecule has 44 heavy (non-hydrogen) atoms. The lowest BCUT2D eigenvalue weighted by Gasteiger charge is -2.24. The maximum Gasteiger partial charge on any atom is 0.437 e. The zero-order valence-electron chi connectivity index (χ0n) is 27.9. The number of hydrogen-bond donors (Lipinski definition) is 1. The van der Waals surface area contributed by atoms with Crippen LogP contribution in [0, 0.1) is 5.92 Å². The number of likely N-dealkylation sites (tertiary alicyclic amines) is 1. The van der Waals surface area contributed by atoms with Crippen molar-refractivity contribution in [2.75, 3.05) is 13.1 Å². The van der Waals surface area contributed by atoms with E-state index in [2.05, 4.69) is 51.6 Å². The van der Waals surface area contributed by atoms with Gasteiger partial charge in [0.1, 0.15) is 11.2 Å². The predicted octanol–water partition coefficient (Wildman–Crippen LogP) is 8.10. The second-order valence-corrected chi connectivity index (χ2v) is 13.8.